The maximum atomic E-state index is 11.7. The molecule has 0 unspecified atom stereocenters. The average molecular weight is 275 g/mol. The van der Waals surface area contributed by atoms with Crippen molar-refractivity contribution in [3.8, 4) is 0 Å². The summed E-state index contributed by atoms with van der Waals surface area (Å²) in [7, 11) is 0. The second kappa shape index (κ2) is 5.87. The first kappa shape index (κ1) is 13.6. The molecular formula is C13H13N3O4. The number of amides is 2. The Morgan fingerprint density at radius 1 is 1.40 bits per heavy atom. The van der Waals surface area contributed by atoms with Crippen LogP contribution in [0.4, 0.5) is 16.2 Å². The molecule has 2 aromatic rings. The number of urea groups is 1. The fourth-order valence-corrected chi connectivity index (χ4v) is 1.70. The lowest BCUT2D eigenvalue weighted by Crippen LogP contribution is -2.28. The fourth-order valence-electron chi connectivity index (χ4n) is 1.70. The molecule has 0 bridgehead atoms. The van der Waals surface area contributed by atoms with Gasteiger partial charge >= 0.3 is 6.03 Å². The molecule has 0 aliphatic heterocycles. The van der Waals surface area contributed by atoms with Crippen molar-refractivity contribution in [3.63, 3.8) is 0 Å². The van der Waals surface area contributed by atoms with Gasteiger partial charge in [-0.2, -0.15) is 0 Å². The number of rotatable bonds is 4. The molecular weight excluding hydrogens is 262 g/mol. The van der Waals surface area contributed by atoms with Crippen LogP contribution in [0.3, 0.4) is 0 Å². The van der Waals surface area contributed by atoms with E-state index < -0.39 is 11.0 Å². The van der Waals surface area contributed by atoms with Crippen LogP contribution in [0.2, 0.25) is 0 Å². The monoisotopic (exact) mass is 275 g/mol. The normalized spacial score (nSPS) is 10.1. The minimum absolute atomic E-state index is 0.0300. The number of benzene rings is 1. The highest BCUT2D eigenvalue weighted by Gasteiger charge is 2.14. The number of nitrogens with zero attached hydrogens (tertiary/aromatic N) is 1. The largest absolute Gasteiger partial charge is 0.472 e. The first-order valence-electron chi connectivity index (χ1n) is 5.88. The van der Waals surface area contributed by atoms with Crippen molar-refractivity contribution in [1.82, 2.24) is 5.32 Å². The lowest BCUT2D eigenvalue weighted by molar-refractivity contribution is -0.385. The predicted octanol–water partition coefficient (Wildman–Crippen LogP) is 2.82. The molecule has 0 fully saturated rings. The van der Waals surface area contributed by atoms with Crippen LogP contribution < -0.4 is 10.6 Å². The van der Waals surface area contributed by atoms with Gasteiger partial charge in [0.2, 0.25) is 0 Å². The molecule has 0 spiro atoms. The molecule has 1 heterocycles. The smallest absolute Gasteiger partial charge is 0.319 e. The van der Waals surface area contributed by atoms with Crippen LogP contribution in [-0.4, -0.2) is 11.0 Å². The summed E-state index contributed by atoms with van der Waals surface area (Å²) in [5.41, 5.74) is 1.62. The summed E-state index contributed by atoms with van der Waals surface area (Å²) in [4.78, 5) is 22.0. The first-order chi connectivity index (χ1) is 9.58. The summed E-state index contributed by atoms with van der Waals surface area (Å²) in [6.07, 6.45) is 3.04. The van der Waals surface area contributed by atoms with E-state index in [9.17, 15) is 14.9 Å². The number of anilines is 1. The van der Waals surface area contributed by atoms with E-state index in [-0.39, 0.29) is 5.69 Å². The summed E-state index contributed by atoms with van der Waals surface area (Å²) < 4.78 is 4.88. The minimum Gasteiger partial charge on any atom is -0.472 e. The van der Waals surface area contributed by atoms with E-state index in [1.165, 1.54) is 24.7 Å². The molecule has 0 aliphatic carbocycles. The fraction of sp³-hybridized carbons (Fsp3) is 0.154. The summed E-state index contributed by atoms with van der Waals surface area (Å²) in [5, 5.41) is 16.0. The topological polar surface area (TPSA) is 97.4 Å². The van der Waals surface area contributed by atoms with Crippen LogP contribution in [0.1, 0.15) is 11.1 Å². The summed E-state index contributed by atoms with van der Waals surface area (Å²) in [5.74, 6) is 0. The van der Waals surface area contributed by atoms with Crippen LogP contribution in [0.15, 0.2) is 41.2 Å². The Balaban J connectivity index is 2.01. The van der Waals surface area contributed by atoms with Gasteiger partial charge in [-0.1, -0.05) is 6.07 Å². The summed E-state index contributed by atoms with van der Waals surface area (Å²) >= 11 is 0. The van der Waals surface area contributed by atoms with Crippen LogP contribution in [0.25, 0.3) is 0 Å². The Bertz CT molecular complexity index is 623. The molecule has 0 radical (unpaired) electrons. The third-order valence-corrected chi connectivity index (χ3v) is 2.78. The lowest BCUT2D eigenvalue weighted by Gasteiger charge is -2.09. The van der Waals surface area contributed by atoms with Crippen molar-refractivity contribution >= 4 is 17.4 Å². The maximum Gasteiger partial charge on any atom is 0.319 e. The van der Waals surface area contributed by atoms with E-state index in [2.05, 4.69) is 10.6 Å². The third-order valence-electron chi connectivity index (χ3n) is 2.78. The Labute approximate surface area is 114 Å². The van der Waals surface area contributed by atoms with Gasteiger partial charge in [0.1, 0.15) is 0 Å². The zero-order valence-corrected chi connectivity index (χ0v) is 10.8. The van der Waals surface area contributed by atoms with Gasteiger partial charge in [-0.15, -0.1) is 0 Å². The highest BCUT2D eigenvalue weighted by atomic mass is 16.6. The van der Waals surface area contributed by atoms with Gasteiger partial charge in [0, 0.05) is 18.2 Å². The SMILES string of the molecule is Cc1c(NC(=O)NCc2ccoc2)cccc1[N+](=O)[O-]. The zero-order chi connectivity index (χ0) is 14.5. The second-order valence-electron chi connectivity index (χ2n) is 4.15. The molecule has 20 heavy (non-hydrogen) atoms. The Hall–Kier alpha value is -2.83. The van der Waals surface area contributed by atoms with Crippen molar-refractivity contribution in [1.29, 1.82) is 0 Å². The Morgan fingerprint density at radius 2 is 2.20 bits per heavy atom. The van der Waals surface area contributed by atoms with E-state index >= 15 is 0 Å². The minimum atomic E-state index is -0.482. The number of furan rings is 1. The molecule has 7 heteroatoms. The maximum absolute atomic E-state index is 11.7. The van der Waals surface area contributed by atoms with Gasteiger partial charge in [0.05, 0.1) is 28.7 Å². The van der Waals surface area contributed by atoms with Gasteiger partial charge in [-0.05, 0) is 19.1 Å². The molecule has 0 atom stereocenters. The van der Waals surface area contributed by atoms with E-state index in [0.717, 1.165) is 5.56 Å². The highest BCUT2D eigenvalue weighted by Crippen LogP contribution is 2.24. The quantitative estimate of drug-likeness (QED) is 0.662. The Morgan fingerprint density at radius 3 is 2.85 bits per heavy atom. The van der Waals surface area contributed by atoms with Gasteiger partial charge in [-0.25, -0.2) is 4.79 Å². The molecule has 0 aliphatic rings. The van der Waals surface area contributed by atoms with Gasteiger partial charge in [0.15, 0.2) is 0 Å². The summed E-state index contributed by atoms with van der Waals surface area (Å²) in [6.45, 7) is 1.90. The van der Waals surface area contributed by atoms with E-state index in [1.54, 1.807) is 19.1 Å². The molecule has 2 rings (SSSR count). The van der Waals surface area contributed by atoms with E-state index in [4.69, 9.17) is 4.42 Å². The number of nitro groups is 1. The lowest BCUT2D eigenvalue weighted by atomic mass is 10.1. The molecule has 2 N–H and O–H groups in total. The zero-order valence-electron chi connectivity index (χ0n) is 10.8. The summed E-state index contributed by atoms with van der Waals surface area (Å²) in [6, 6.07) is 5.83. The highest BCUT2D eigenvalue weighted by molar-refractivity contribution is 5.90. The molecule has 1 aromatic heterocycles. The molecule has 0 saturated heterocycles. The predicted molar refractivity (Wildman–Crippen MR) is 72.4 cm³/mol. The number of nitrogens with one attached hydrogen (secondary N) is 2. The molecule has 104 valence electrons. The standard InChI is InChI=1S/C13H13N3O4/c1-9-11(3-2-4-12(9)16(18)19)15-13(17)14-7-10-5-6-20-8-10/h2-6,8H,7H2,1H3,(H2,14,15,17). The van der Waals surface area contributed by atoms with Crippen LogP contribution in [0.5, 0.6) is 0 Å². The van der Waals surface area contributed by atoms with Gasteiger partial charge < -0.3 is 15.1 Å². The van der Waals surface area contributed by atoms with Gasteiger partial charge in [-0.3, -0.25) is 10.1 Å². The first-order valence-corrected chi connectivity index (χ1v) is 5.88. The second-order valence-corrected chi connectivity index (χ2v) is 4.15. The molecule has 0 saturated carbocycles. The number of hydrogen-bond donors (Lipinski definition) is 2. The molecule has 2 amide bonds. The third kappa shape index (κ3) is 3.14. The van der Waals surface area contributed by atoms with Crippen molar-refractivity contribution in [3.05, 3.63) is 58.0 Å². The van der Waals surface area contributed by atoms with Crippen LogP contribution in [-0.2, 0) is 6.54 Å². The van der Waals surface area contributed by atoms with Crippen molar-refractivity contribution in [2.75, 3.05) is 5.32 Å². The number of carbonyl (C=O) groups is 1. The van der Waals surface area contributed by atoms with Crippen LogP contribution >= 0.6 is 0 Å². The van der Waals surface area contributed by atoms with Crippen LogP contribution in [0, 0.1) is 17.0 Å². The molecule has 7 nitrogen and oxygen atoms in total. The number of hydrogen-bond acceptors (Lipinski definition) is 4. The average Bonchev–Trinajstić information content (AvgIpc) is 2.91. The number of carbonyl (C=O) groups excluding carboxylic acids is 1. The van der Waals surface area contributed by atoms with Crippen molar-refractivity contribution < 1.29 is 14.1 Å². The molecule has 1 aromatic carbocycles. The van der Waals surface area contributed by atoms with Gasteiger partial charge in [0.25, 0.3) is 5.69 Å². The van der Waals surface area contributed by atoms with Crippen molar-refractivity contribution in [2.24, 2.45) is 0 Å². The van der Waals surface area contributed by atoms with E-state index in [1.807, 2.05) is 0 Å². The Kier molecular flexibility index (Phi) is 3.99. The van der Waals surface area contributed by atoms with Crippen molar-refractivity contribution in [2.45, 2.75) is 13.5 Å². The number of nitro benzene ring substituents is 1. The van der Waals surface area contributed by atoms with E-state index in [0.29, 0.717) is 17.8 Å².